The fourth-order valence-electron chi connectivity index (χ4n) is 3.10. The monoisotopic (exact) mass is 348 g/mol. The second-order valence-corrected chi connectivity index (χ2v) is 6.27. The van der Waals surface area contributed by atoms with Gasteiger partial charge < -0.3 is 10.1 Å². The van der Waals surface area contributed by atoms with E-state index in [9.17, 15) is 8.78 Å². The van der Waals surface area contributed by atoms with Gasteiger partial charge in [-0.25, -0.2) is 9.97 Å². The lowest BCUT2D eigenvalue weighted by molar-refractivity contribution is -0.0499. The Hall–Kier alpha value is -2.28. The number of halogens is 2. The highest BCUT2D eigenvalue weighted by molar-refractivity contribution is 5.29. The molecule has 1 unspecified atom stereocenters. The van der Waals surface area contributed by atoms with E-state index in [0.717, 1.165) is 37.2 Å². The van der Waals surface area contributed by atoms with Gasteiger partial charge in [-0.05, 0) is 50.1 Å². The minimum absolute atomic E-state index is 0.201. The van der Waals surface area contributed by atoms with Gasteiger partial charge in [-0.3, -0.25) is 4.90 Å². The molecule has 0 amide bonds. The fraction of sp³-hybridized carbons (Fsp3) is 0.444. The van der Waals surface area contributed by atoms with Crippen molar-refractivity contribution in [2.24, 2.45) is 0 Å². The number of ether oxygens (including phenoxy) is 1. The van der Waals surface area contributed by atoms with Crippen LogP contribution in [0.3, 0.4) is 0 Å². The van der Waals surface area contributed by atoms with Crippen molar-refractivity contribution in [3.63, 3.8) is 0 Å². The molecule has 1 saturated heterocycles. The lowest BCUT2D eigenvalue weighted by Crippen LogP contribution is -2.41. The molecule has 134 valence electrons. The summed E-state index contributed by atoms with van der Waals surface area (Å²) in [6.07, 6.45) is 3.87. The molecule has 0 radical (unpaired) electrons. The van der Waals surface area contributed by atoms with Crippen LogP contribution >= 0.6 is 0 Å². The third-order valence-electron chi connectivity index (χ3n) is 4.16. The van der Waals surface area contributed by atoms with Crippen LogP contribution in [0, 0.1) is 6.92 Å². The van der Waals surface area contributed by atoms with Gasteiger partial charge in [0, 0.05) is 31.0 Å². The smallest absolute Gasteiger partial charge is 0.387 e. The van der Waals surface area contributed by atoms with Gasteiger partial charge in [-0.1, -0.05) is 12.1 Å². The van der Waals surface area contributed by atoms with Gasteiger partial charge in [0.15, 0.2) is 0 Å². The first-order valence-electron chi connectivity index (χ1n) is 8.41. The third kappa shape index (κ3) is 5.35. The van der Waals surface area contributed by atoms with Crippen molar-refractivity contribution in [2.75, 3.05) is 18.4 Å². The van der Waals surface area contributed by atoms with Gasteiger partial charge in [-0.15, -0.1) is 0 Å². The molecule has 1 aliphatic heterocycles. The minimum Gasteiger partial charge on any atom is -0.435 e. The Labute approximate surface area is 146 Å². The van der Waals surface area contributed by atoms with E-state index in [4.69, 9.17) is 0 Å². The Bertz CT molecular complexity index is 698. The molecule has 1 aromatic carbocycles. The molecule has 2 aromatic rings. The Morgan fingerprint density at radius 3 is 3.04 bits per heavy atom. The molecular formula is C18H22F2N4O. The van der Waals surface area contributed by atoms with Gasteiger partial charge in [0.25, 0.3) is 0 Å². The lowest BCUT2D eigenvalue weighted by Gasteiger charge is -2.33. The van der Waals surface area contributed by atoms with Crippen LogP contribution in [0.5, 0.6) is 5.75 Å². The van der Waals surface area contributed by atoms with Crippen LogP contribution in [0.25, 0.3) is 0 Å². The van der Waals surface area contributed by atoms with Crippen molar-refractivity contribution in [3.05, 3.63) is 47.8 Å². The van der Waals surface area contributed by atoms with Gasteiger partial charge in [0.05, 0.1) is 0 Å². The first kappa shape index (κ1) is 17.5. The molecule has 1 fully saturated rings. The van der Waals surface area contributed by atoms with Crippen molar-refractivity contribution in [1.82, 2.24) is 14.9 Å². The number of anilines is 1. The predicted octanol–water partition coefficient (Wildman–Crippen LogP) is 3.46. The summed E-state index contributed by atoms with van der Waals surface area (Å²) in [5.74, 6) is 0.853. The van der Waals surface area contributed by atoms with Crippen molar-refractivity contribution >= 4 is 5.95 Å². The highest BCUT2D eigenvalue weighted by atomic mass is 19.3. The van der Waals surface area contributed by atoms with Crippen molar-refractivity contribution in [1.29, 1.82) is 0 Å². The molecule has 0 spiro atoms. The van der Waals surface area contributed by atoms with Gasteiger partial charge in [-0.2, -0.15) is 8.78 Å². The number of piperidine rings is 1. The molecule has 25 heavy (non-hydrogen) atoms. The molecule has 7 heteroatoms. The van der Waals surface area contributed by atoms with Crippen LogP contribution in [0.15, 0.2) is 36.5 Å². The van der Waals surface area contributed by atoms with E-state index >= 15 is 0 Å². The second-order valence-electron chi connectivity index (χ2n) is 6.27. The fourth-order valence-corrected chi connectivity index (χ4v) is 3.10. The van der Waals surface area contributed by atoms with Crippen LogP contribution in [0.4, 0.5) is 14.7 Å². The lowest BCUT2D eigenvalue weighted by atomic mass is 10.0. The summed E-state index contributed by atoms with van der Waals surface area (Å²) in [6, 6.07) is 9.04. The number of aryl methyl sites for hydroxylation is 1. The zero-order chi connectivity index (χ0) is 17.6. The van der Waals surface area contributed by atoms with Crippen LogP contribution < -0.4 is 10.1 Å². The van der Waals surface area contributed by atoms with Gasteiger partial charge in [0.2, 0.25) is 5.95 Å². The summed E-state index contributed by atoms with van der Waals surface area (Å²) in [6.45, 7) is 1.68. The third-order valence-corrected chi connectivity index (χ3v) is 4.16. The number of rotatable bonds is 6. The number of benzene rings is 1. The number of nitrogens with one attached hydrogen (secondary N) is 1. The molecule has 3 rings (SSSR count). The highest BCUT2D eigenvalue weighted by Gasteiger charge is 2.20. The quantitative estimate of drug-likeness (QED) is 0.866. The van der Waals surface area contributed by atoms with Crippen LogP contribution in [0.1, 0.15) is 24.1 Å². The molecule has 5 nitrogen and oxygen atoms in total. The average molecular weight is 348 g/mol. The maximum Gasteiger partial charge on any atom is 0.387 e. The summed E-state index contributed by atoms with van der Waals surface area (Å²) in [5, 5.41) is 3.39. The van der Waals surface area contributed by atoms with Gasteiger partial charge in [0.1, 0.15) is 5.75 Å². The maximum atomic E-state index is 12.3. The standard InChI is InChI=1S/C18H22F2N4O/c1-13-7-8-21-18(22-13)23-15-5-3-9-24(12-15)11-14-4-2-6-16(10-14)25-17(19)20/h2,4,6-8,10,15,17H,3,5,9,11-12H2,1H3,(H,21,22,23). The number of aromatic nitrogens is 2. The van der Waals surface area contributed by atoms with E-state index in [2.05, 4.69) is 24.9 Å². The number of hydrogen-bond donors (Lipinski definition) is 1. The number of alkyl halides is 2. The van der Waals surface area contributed by atoms with Crippen LogP contribution in [-0.2, 0) is 6.54 Å². The van der Waals surface area contributed by atoms with E-state index in [-0.39, 0.29) is 11.8 Å². The van der Waals surface area contributed by atoms with E-state index in [0.29, 0.717) is 12.5 Å². The normalized spacial score (nSPS) is 18.3. The van der Waals surface area contributed by atoms with E-state index < -0.39 is 6.61 Å². The van der Waals surface area contributed by atoms with Crippen molar-refractivity contribution in [2.45, 2.75) is 39.0 Å². The van der Waals surface area contributed by atoms with E-state index in [1.807, 2.05) is 19.1 Å². The molecule has 0 bridgehead atoms. The number of nitrogens with zero attached hydrogens (tertiary/aromatic N) is 3. The summed E-state index contributed by atoms with van der Waals surface area (Å²) in [7, 11) is 0. The first-order valence-corrected chi connectivity index (χ1v) is 8.41. The Morgan fingerprint density at radius 2 is 2.24 bits per heavy atom. The minimum atomic E-state index is -2.80. The topological polar surface area (TPSA) is 50.3 Å². The maximum absolute atomic E-state index is 12.3. The molecule has 1 aliphatic rings. The summed E-state index contributed by atoms with van der Waals surface area (Å²) >= 11 is 0. The first-order chi connectivity index (χ1) is 12.1. The van der Waals surface area contributed by atoms with Crippen LogP contribution in [-0.4, -0.2) is 40.6 Å². The molecule has 0 aliphatic carbocycles. The molecule has 1 atom stereocenters. The number of hydrogen-bond acceptors (Lipinski definition) is 5. The van der Waals surface area contributed by atoms with E-state index in [1.165, 1.54) is 0 Å². The average Bonchev–Trinajstić information content (AvgIpc) is 2.55. The largest absolute Gasteiger partial charge is 0.435 e. The molecule has 1 N–H and O–H groups in total. The molecule has 2 heterocycles. The zero-order valence-electron chi connectivity index (χ0n) is 14.2. The Morgan fingerprint density at radius 1 is 1.36 bits per heavy atom. The number of likely N-dealkylation sites (tertiary alicyclic amines) is 1. The Kier molecular flexibility index (Phi) is 5.75. The predicted molar refractivity (Wildman–Crippen MR) is 91.8 cm³/mol. The highest BCUT2D eigenvalue weighted by Crippen LogP contribution is 2.20. The van der Waals surface area contributed by atoms with E-state index in [1.54, 1.807) is 24.4 Å². The molecular weight excluding hydrogens is 326 g/mol. The van der Waals surface area contributed by atoms with Crippen LogP contribution in [0.2, 0.25) is 0 Å². The summed E-state index contributed by atoms with van der Waals surface area (Å²) in [4.78, 5) is 10.9. The van der Waals surface area contributed by atoms with Crippen molar-refractivity contribution < 1.29 is 13.5 Å². The summed E-state index contributed by atoms with van der Waals surface area (Å²) in [5.41, 5.74) is 1.90. The molecule has 1 aromatic heterocycles. The summed E-state index contributed by atoms with van der Waals surface area (Å²) < 4.78 is 29.2. The van der Waals surface area contributed by atoms with Gasteiger partial charge >= 0.3 is 6.61 Å². The second kappa shape index (κ2) is 8.20. The SMILES string of the molecule is Cc1ccnc(NC2CCCN(Cc3cccc(OC(F)F)c3)C2)n1. The molecule has 0 saturated carbocycles. The zero-order valence-corrected chi connectivity index (χ0v) is 14.2. The van der Waals surface area contributed by atoms with Crippen molar-refractivity contribution in [3.8, 4) is 5.75 Å². The Balaban J connectivity index is 1.58.